The van der Waals surface area contributed by atoms with Gasteiger partial charge in [-0.05, 0) is 43.9 Å². The van der Waals surface area contributed by atoms with E-state index in [2.05, 4.69) is 10.6 Å². The van der Waals surface area contributed by atoms with Crippen molar-refractivity contribution in [3.05, 3.63) is 0 Å². The van der Waals surface area contributed by atoms with E-state index in [1.165, 1.54) is 19.3 Å². The van der Waals surface area contributed by atoms with Gasteiger partial charge in [0.05, 0.1) is 6.10 Å². The van der Waals surface area contributed by atoms with Crippen molar-refractivity contribution in [1.29, 1.82) is 0 Å². The molecule has 3 aliphatic rings. The van der Waals surface area contributed by atoms with E-state index in [9.17, 15) is 9.59 Å². The molecule has 3 N–H and O–H groups in total. The minimum atomic E-state index is -0.918. The zero-order chi connectivity index (χ0) is 14.1. The molecule has 2 saturated carbocycles. The molecular formula is C14H22N2O4. The van der Waals surface area contributed by atoms with Crippen molar-refractivity contribution in [2.45, 2.75) is 56.8 Å². The third kappa shape index (κ3) is 2.90. The highest BCUT2D eigenvalue weighted by atomic mass is 16.5. The topological polar surface area (TPSA) is 87.7 Å². The third-order valence-electron chi connectivity index (χ3n) is 4.93. The van der Waals surface area contributed by atoms with Crippen molar-refractivity contribution in [3.63, 3.8) is 0 Å². The first-order valence-electron chi connectivity index (χ1n) is 7.54. The van der Waals surface area contributed by atoms with Crippen molar-refractivity contribution in [2.75, 3.05) is 6.54 Å². The molecule has 6 heteroatoms. The van der Waals surface area contributed by atoms with Gasteiger partial charge in [0.2, 0.25) is 0 Å². The molecule has 1 heterocycles. The van der Waals surface area contributed by atoms with Gasteiger partial charge in [0.25, 0.3) is 0 Å². The fourth-order valence-corrected chi connectivity index (χ4v) is 3.88. The van der Waals surface area contributed by atoms with Crippen molar-refractivity contribution in [3.8, 4) is 0 Å². The number of nitrogens with one attached hydrogen (secondary N) is 2. The number of aliphatic carboxylic acids is 1. The van der Waals surface area contributed by atoms with Gasteiger partial charge in [-0.3, -0.25) is 0 Å². The summed E-state index contributed by atoms with van der Waals surface area (Å²) in [6, 6.07) is 0.176. The molecule has 0 spiro atoms. The molecule has 1 saturated heterocycles. The van der Waals surface area contributed by atoms with Gasteiger partial charge < -0.3 is 20.5 Å². The second kappa shape index (κ2) is 5.60. The highest BCUT2D eigenvalue weighted by Crippen LogP contribution is 2.44. The average molecular weight is 282 g/mol. The van der Waals surface area contributed by atoms with Gasteiger partial charge in [-0.15, -0.1) is 0 Å². The van der Waals surface area contributed by atoms with Gasteiger partial charge in [-0.2, -0.15) is 0 Å². The van der Waals surface area contributed by atoms with Gasteiger partial charge in [0.15, 0.2) is 6.10 Å². The lowest BCUT2D eigenvalue weighted by molar-refractivity contribution is -0.149. The summed E-state index contributed by atoms with van der Waals surface area (Å²) >= 11 is 0. The van der Waals surface area contributed by atoms with Crippen LogP contribution in [0.5, 0.6) is 0 Å². The largest absolute Gasteiger partial charge is 0.479 e. The lowest BCUT2D eigenvalue weighted by Crippen LogP contribution is -2.46. The molecule has 5 unspecified atom stereocenters. The minimum absolute atomic E-state index is 0.148. The second-order valence-corrected chi connectivity index (χ2v) is 6.30. The number of fused-ring (bicyclic) bond motifs is 2. The van der Waals surface area contributed by atoms with E-state index in [-0.39, 0.29) is 12.1 Å². The Morgan fingerprint density at radius 2 is 2.00 bits per heavy atom. The number of ether oxygens (including phenoxy) is 1. The van der Waals surface area contributed by atoms with E-state index in [0.29, 0.717) is 31.3 Å². The molecule has 2 amide bonds. The maximum absolute atomic E-state index is 11.9. The third-order valence-corrected chi connectivity index (χ3v) is 4.93. The Bertz CT molecular complexity index is 401. The van der Waals surface area contributed by atoms with E-state index in [1.807, 2.05) is 0 Å². The van der Waals surface area contributed by atoms with Crippen LogP contribution in [-0.4, -0.2) is 41.9 Å². The van der Waals surface area contributed by atoms with E-state index in [0.717, 1.165) is 12.3 Å². The van der Waals surface area contributed by atoms with E-state index >= 15 is 0 Å². The van der Waals surface area contributed by atoms with E-state index < -0.39 is 12.1 Å². The summed E-state index contributed by atoms with van der Waals surface area (Å²) < 4.78 is 5.35. The molecule has 5 atom stereocenters. The molecule has 0 radical (unpaired) electrons. The predicted octanol–water partition coefficient (Wildman–Crippen LogP) is 1.11. The molecular weight excluding hydrogens is 260 g/mol. The van der Waals surface area contributed by atoms with Crippen LogP contribution in [-0.2, 0) is 9.53 Å². The lowest BCUT2D eigenvalue weighted by atomic mass is 9.95. The van der Waals surface area contributed by atoms with Crippen molar-refractivity contribution in [1.82, 2.24) is 10.6 Å². The first-order valence-corrected chi connectivity index (χ1v) is 7.54. The molecule has 2 aliphatic carbocycles. The smallest absolute Gasteiger partial charge is 0.332 e. The number of carboxylic acid groups (broad SMARTS) is 1. The summed E-state index contributed by atoms with van der Waals surface area (Å²) in [7, 11) is 0. The van der Waals surface area contributed by atoms with E-state index in [1.54, 1.807) is 0 Å². The van der Waals surface area contributed by atoms with Gasteiger partial charge in [0.1, 0.15) is 0 Å². The van der Waals surface area contributed by atoms with E-state index in [4.69, 9.17) is 9.84 Å². The van der Waals surface area contributed by atoms with Crippen molar-refractivity contribution < 1.29 is 19.4 Å². The van der Waals surface area contributed by atoms with Gasteiger partial charge >= 0.3 is 12.0 Å². The molecule has 1 aliphatic heterocycles. The summed E-state index contributed by atoms with van der Waals surface area (Å²) in [5.74, 6) is 0.545. The SMILES string of the molecule is O=C(NCC1CCC(C(=O)O)O1)NC1CC2CCC1C2. The van der Waals surface area contributed by atoms with Crippen molar-refractivity contribution in [2.24, 2.45) is 11.8 Å². The fraction of sp³-hybridized carbons (Fsp3) is 0.857. The number of hydrogen-bond donors (Lipinski definition) is 3. The van der Waals surface area contributed by atoms with Crippen LogP contribution in [0.1, 0.15) is 38.5 Å². The van der Waals surface area contributed by atoms with Crippen LogP contribution < -0.4 is 10.6 Å². The Kier molecular flexibility index (Phi) is 3.83. The number of rotatable bonds is 4. The highest BCUT2D eigenvalue weighted by Gasteiger charge is 2.40. The maximum Gasteiger partial charge on any atom is 0.332 e. The number of carboxylic acids is 1. The van der Waals surface area contributed by atoms with Gasteiger partial charge in [-0.25, -0.2) is 9.59 Å². The predicted molar refractivity (Wildman–Crippen MR) is 71.3 cm³/mol. The van der Waals surface area contributed by atoms with Crippen LogP contribution in [0, 0.1) is 11.8 Å². The Morgan fingerprint density at radius 1 is 1.15 bits per heavy atom. The summed E-state index contributed by atoms with van der Waals surface area (Å²) in [4.78, 5) is 22.6. The normalized spacial score (nSPS) is 38.9. The molecule has 0 aromatic heterocycles. The number of hydrogen-bond acceptors (Lipinski definition) is 3. The molecule has 0 aromatic carbocycles. The first kappa shape index (κ1) is 13.7. The summed E-state index contributed by atoms with van der Waals surface area (Å²) in [6.07, 6.45) is 5.24. The Morgan fingerprint density at radius 3 is 2.60 bits per heavy atom. The Hall–Kier alpha value is -1.30. The minimum Gasteiger partial charge on any atom is -0.479 e. The zero-order valence-electron chi connectivity index (χ0n) is 11.5. The van der Waals surface area contributed by atoms with Gasteiger partial charge in [-0.1, -0.05) is 6.42 Å². The number of amides is 2. The molecule has 6 nitrogen and oxygen atoms in total. The lowest BCUT2D eigenvalue weighted by Gasteiger charge is -2.23. The second-order valence-electron chi connectivity index (χ2n) is 6.30. The molecule has 2 bridgehead atoms. The Labute approximate surface area is 118 Å². The summed E-state index contributed by atoms with van der Waals surface area (Å²) in [6.45, 7) is 0.385. The number of urea groups is 1. The van der Waals surface area contributed by atoms with Crippen LogP contribution >= 0.6 is 0 Å². The zero-order valence-corrected chi connectivity index (χ0v) is 11.5. The van der Waals surface area contributed by atoms with Gasteiger partial charge in [0, 0.05) is 12.6 Å². The molecule has 112 valence electrons. The highest BCUT2D eigenvalue weighted by molar-refractivity contribution is 5.74. The van der Waals surface area contributed by atoms with Crippen LogP contribution in [0.4, 0.5) is 4.79 Å². The summed E-state index contributed by atoms with van der Waals surface area (Å²) in [5, 5.41) is 14.7. The van der Waals surface area contributed by atoms with Crippen molar-refractivity contribution >= 4 is 12.0 Å². The molecule has 0 aromatic rings. The van der Waals surface area contributed by atoms with Crippen LogP contribution in [0.25, 0.3) is 0 Å². The standard InChI is InChI=1S/C14H22N2O4/c17-13(18)12-4-3-10(20-12)7-15-14(19)16-11-6-8-1-2-9(11)5-8/h8-12H,1-7H2,(H,17,18)(H2,15,16,19). The first-order chi connectivity index (χ1) is 9.61. The van der Waals surface area contributed by atoms with Crippen LogP contribution in [0.3, 0.4) is 0 Å². The number of carbonyl (C=O) groups is 2. The fourth-order valence-electron chi connectivity index (χ4n) is 3.88. The molecule has 20 heavy (non-hydrogen) atoms. The molecule has 3 fully saturated rings. The number of carbonyl (C=O) groups excluding carboxylic acids is 1. The molecule has 3 rings (SSSR count). The van der Waals surface area contributed by atoms with Crippen LogP contribution in [0.15, 0.2) is 0 Å². The summed E-state index contributed by atoms with van der Waals surface area (Å²) in [5.41, 5.74) is 0. The van der Waals surface area contributed by atoms with Crippen LogP contribution in [0.2, 0.25) is 0 Å². The average Bonchev–Trinajstić information content (AvgIpc) is 3.12. The monoisotopic (exact) mass is 282 g/mol. The maximum atomic E-state index is 11.9. The quantitative estimate of drug-likeness (QED) is 0.720. The Balaban J connectivity index is 1.36.